The van der Waals surface area contributed by atoms with E-state index in [1.807, 2.05) is 0 Å². The number of methoxy groups -OCH3 is 1. The minimum atomic E-state index is -1.06. The summed E-state index contributed by atoms with van der Waals surface area (Å²) in [5.41, 5.74) is 0.304. The Labute approximate surface area is 113 Å². The number of hydrogen-bond donors (Lipinski definition) is 1. The number of hydrogen-bond acceptors (Lipinski definition) is 6. The number of carboxylic acid groups (broad SMARTS) is 1. The molecule has 0 amide bonds. The van der Waals surface area contributed by atoms with Gasteiger partial charge < -0.3 is 9.84 Å². The van der Waals surface area contributed by atoms with E-state index in [9.17, 15) is 14.9 Å². The number of aliphatic imine (C=N–C) groups is 1. The molecular weight excluding hydrogens is 272 g/mol. The normalized spacial score (nSPS) is 11.2. The van der Waals surface area contributed by atoms with Gasteiger partial charge in [0.1, 0.15) is 6.54 Å². The van der Waals surface area contributed by atoms with E-state index < -0.39 is 10.9 Å². The number of nitro benzene ring substituents is 1. The molecule has 0 aliphatic carbocycles. The van der Waals surface area contributed by atoms with E-state index in [4.69, 9.17) is 9.84 Å². The number of rotatable bonds is 5. The van der Waals surface area contributed by atoms with Gasteiger partial charge >= 0.3 is 11.7 Å². The zero-order valence-corrected chi connectivity index (χ0v) is 11.1. The first-order valence-electron chi connectivity index (χ1n) is 5.12. The van der Waals surface area contributed by atoms with Crippen molar-refractivity contribution in [1.82, 2.24) is 0 Å². The molecule has 19 heavy (non-hydrogen) atoms. The van der Waals surface area contributed by atoms with Crippen LogP contribution in [0, 0.1) is 10.1 Å². The third-order valence-corrected chi connectivity index (χ3v) is 2.93. The Kier molecular flexibility index (Phi) is 5.31. The van der Waals surface area contributed by atoms with Crippen molar-refractivity contribution >= 4 is 28.5 Å². The van der Waals surface area contributed by atoms with E-state index in [1.54, 1.807) is 12.3 Å². The largest absolute Gasteiger partial charge is 0.490 e. The fourth-order valence-electron chi connectivity index (χ4n) is 1.38. The first-order valence-corrected chi connectivity index (χ1v) is 6.35. The number of nitro groups is 1. The summed E-state index contributed by atoms with van der Waals surface area (Å²) in [7, 11) is 1.34. The summed E-state index contributed by atoms with van der Waals surface area (Å²) in [6.45, 7) is -0.379. The molecule has 7 nitrogen and oxygen atoms in total. The minimum absolute atomic E-state index is 0.146. The first-order chi connectivity index (χ1) is 8.99. The average molecular weight is 284 g/mol. The SMILES string of the molecule is COc1ccc(C(=NCC(=O)O)SC)cc1[N+](=O)[O-]. The Hall–Kier alpha value is -2.09. The molecule has 8 heteroatoms. The molecule has 102 valence electrons. The van der Waals surface area contributed by atoms with E-state index in [1.165, 1.54) is 31.0 Å². The molecule has 0 unspecified atom stereocenters. The minimum Gasteiger partial charge on any atom is -0.490 e. The second-order valence-corrected chi connectivity index (χ2v) is 4.16. The molecule has 0 atom stereocenters. The zero-order valence-electron chi connectivity index (χ0n) is 10.3. The lowest BCUT2D eigenvalue weighted by atomic mass is 10.2. The van der Waals surface area contributed by atoms with Gasteiger partial charge in [0.15, 0.2) is 5.75 Å². The van der Waals surface area contributed by atoms with E-state index >= 15 is 0 Å². The third kappa shape index (κ3) is 3.95. The fraction of sp³-hybridized carbons (Fsp3) is 0.273. The highest BCUT2D eigenvalue weighted by molar-refractivity contribution is 8.13. The van der Waals surface area contributed by atoms with Crippen molar-refractivity contribution in [2.24, 2.45) is 4.99 Å². The summed E-state index contributed by atoms with van der Waals surface area (Å²) in [6.07, 6.45) is 1.72. The van der Waals surface area contributed by atoms with Crippen molar-refractivity contribution in [3.8, 4) is 5.75 Å². The Morgan fingerprint density at radius 1 is 1.58 bits per heavy atom. The van der Waals surface area contributed by atoms with Gasteiger partial charge in [-0.25, -0.2) is 0 Å². The molecule has 0 spiro atoms. The van der Waals surface area contributed by atoms with Crippen LogP contribution < -0.4 is 4.74 Å². The lowest BCUT2D eigenvalue weighted by Crippen LogP contribution is -2.04. The van der Waals surface area contributed by atoms with Crippen LogP contribution >= 0.6 is 11.8 Å². The summed E-state index contributed by atoms with van der Waals surface area (Å²) < 4.78 is 4.89. The maximum absolute atomic E-state index is 10.9. The Bertz CT molecular complexity index is 530. The molecule has 0 heterocycles. The first kappa shape index (κ1) is 15.0. The molecule has 0 aromatic heterocycles. The monoisotopic (exact) mass is 284 g/mol. The van der Waals surface area contributed by atoms with Gasteiger partial charge in [-0.05, 0) is 18.4 Å². The number of aliphatic carboxylic acids is 1. The molecule has 1 rings (SSSR count). The second kappa shape index (κ2) is 6.74. The number of carbonyl (C=O) groups is 1. The predicted molar refractivity (Wildman–Crippen MR) is 72.2 cm³/mol. The van der Waals surface area contributed by atoms with Crippen LogP contribution in [-0.2, 0) is 4.79 Å². The Morgan fingerprint density at radius 2 is 2.26 bits per heavy atom. The summed E-state index contributed by atoms with van der Waals surface area (Å²) >= 11 is 1.22. The highest BCUT2D eigenvalue weighted by Gasteiger charge is 2.17. The Balaban J connectivity index is 3.19. The topological polar surface area (TPSA) is 102 Å². The molecule has 1 aromatic rings. The molecule has 0 radical (unpaired) electrons. The number of carboxylic acids is 1. The summed E-state index contributed by atoms with van der Waals surface area (Å²) in [4.78, 5) is 24.7. The smallest absolute Gasteiger partial charge is 0.325 e. The number of ether oxygens (including phenoxy) is 1. The van der Waals surface area contributed by atoms with Gasteiger partial charge in [0.05, 0.1) is 17.1 Å². The van der Waals surface area contributed by atoms with Crippen molar-refractivity contribution in [3.63, 3.8) is 0 Å². The molecule has 0 fully saturated rings. The van der Waals surface area contributed by atoms with E-state index in [-0.39, 0.29) is 18.0 Å². The summed E-state index contributed by atoms with van der Waals surface area (Å²) in [6, 6.07) is 4.37. The van der Waals surface area contributed by atoms with Crippen LogP contribution in [0.25, 0.3) is 0 Å². The van der Waals surface area contributed by atoms with Gasteiger partial charge in [-0.2, -0.15) is 0 Å². The van der Waals surface area contributed by atoms with Crippen molar-refractivity contribution in [1.29, 1.82) is 0 Å². The van der Waals surface area contributed by atoms with Crippen LogP contribution in [0.3, 0.4) is 0 Å². The molecule has 0 aliphatic heterocycles. The van der Waals surface area contributed by atoms with Gasteiger partial charge in [0.2, 0.25) is 0 Å². The molecular formula is C11H12N2O5S. The zero-order chi connectivity index (χ0) is 14.4. The van der Waals surface area contributed by atoms with Crippen molar-refractivity contribution < 1.29 is 19.6 Å². The molecule has 1 N–H and O–H groups in total. The second-order valence-electron chi connectivity index (χ2n) is 3.36. The molecule has 0 saturated heterocycles. The highest BCUT2D eigenvalue weighted by atomic mass is 32.2. The standard InChI is InChI=1S/C11H12N2O5S/c1-18-9-4-3-7(5-8(9)13(16)17)11(19-2)12-6-10(14)15/h3-5H,6H2,1-2H3,(H,14,15). The van der Waals surface area contributed by atoms with Gasteiger partial charge in [-0.1, -0.05) is 0 Å². The van der Waals surface area contributed by atoms with Crippen LogP contribution in [-0.4, -0.2) is 41.0 Å². The lowest BCUT2D eigenvalue weighted by Gasteiger charge is -2.06. The average Bonchev–Trinajstić information content (AvgIpc) is 2.38. The fourth-order valence-corrected chi connectivity index (χ4v) is 1.94. The van der Waals surface area contributed by atoms with E-state index in [0.29, 0.717) is 10.6 Å². The molecule has 0 aliphatic rings. The van der Waals surface area contributed by atoms with Gasteiger partial charge in [-0.15, -0.1) is 11.8 Å². The number of benzene rings is 1. The van der Waals surface area contributed by atoms with Gasteiger partial charge in [0.25, 0.3) is 0 Å². The highest BCUT2D eigenvalue weighted by Crippen LogP contribution is 2.28. The number of nitrogens with zero attached hydrogens (tertiary/aromatic N) is 2. The molecule has 0 bridgehead atoms. The summed E-state index contributed by atoms with van der Waals surface area (Å²) in [5.74, 6) is -0.915. The third-order valence-electron chi connectivity index (χ3n) is 2.17. The maximum Gasteiger partial charge on any atom is 0.325 e. The van der Waals surface area contributed by atoms with Crippen molar-refractivity contribution in [3.05, 3.63) is 33.9 Å². The summed E-state index contributed by atoms with van der Waals surface area (Å²) in [5, 5.41) is 19.9. The van der Waals surface area contributed by atoms with Crippen LogP contribution in [0.5, 0.6) is 5.75 Å². The van der Waals surface area contributed by atoms with Crippen LogP contribution in [0.2, 0.25) is 0 Å². The van der Waals surface area contributed by atoms with E-state index in [0.717, 1.165) is 0 Å². The molecule has 0 saturated carbocycles. The van der Waals surface area contributed by atoms with Crippen LogP contribution in [0.15, 0.2) is 23.2 Å². The van der Waals surface area contributed by atoms with Gasteiger partial charge in [-0.3, -0.25) is 19.9 Å². The Morgan fingerprint density at radius 3 is 2.74 bits per heavy atom. The maximum atomic E-state index is 10.9. The quantitative estimate of drug-likeness (QED) is 0.383. The van der Waals surface area contributed by atoms with E-state index in [2.05, 4.69) is 4.99 Å². The van der Waals surface area contributed by atoms with Crippen LogP contribution in [0.1, 0.15) is 5.56 Å². The van der Waals surface area contributed by atoms with Crippen molar-refractivity contribution in [2.45, 2.75) is 0 Å². The number of thioether (sulfide) groups is 1. The van der Waals surface area contributed by atoms with Crippen LogP contribution in [0.4, 0.5) is 5.69 Å². The predicted octanol–water partition coefficient (Wildman–Crippen LogP) is 1.80. The molecule has 1 aromatic carbocycles. The lowest BCUT2D eigenvalue weighted by molar-refractivity contribution is -0.385. The van der Waals surface area contributed by atoms with Gasteiger partial charge in [0, 0.05) is 11.6 Å². The van der Waals surface area contributed by atoms with Crippen molar-refractivity contribution in [2.75, 3.05) is 19.9 Å².